The fraction of sp³-hybridized carbons (Fsp3) is 0.304. The SMILES string of the molecule is O=C(c1c(O)c(O)n(-c2ccc3nc[nH]c3c2)c1-c1ccc(CO)o1)C1CCCCC1. The third-order valence-electron chi connectivity index (χ3n) is 6.06. The first-order valence-electron chi connectivity index (χ1n) is 10.4. The highest BCUT2D eigenvalue weighted by atomic mass is 16.4. The number of aromatic hydroxyl groups is 2. The van der Waals surface area contributed by atoms with E-state index in [-0.39, 0.29) is 35.3 Å². The van der Waals surface area contributed by atoms with Crippen molar-refractivity contribution in [3.05, 3.63) is 48.0 Å². The van der Waals surface area contributed by atoms with Crippen LogP contribution < -0.4 is 0 Å². The fourth-order valence-corrected chi connectivity index (χ4v) is 4.49. The number of aliphatic hydroxyl groups is 1. The summed E-state index contributed by atoms with van der Waals surface area (Å²) in [5.74, 6) is -0.709. The van der Waals surface area contributed by atoms with E-state index < -0.39 is 11.6 Å². The van der Waals surface area contributed by atoms with Gasteiger partial charge in [0.05, 0.1) is 28.6 Å². The quantitative estimate of drug-likeness (QED) is 0.357. The number of nitrogens with zero attached hydrogens (tertiary/aromatic N) is 2. The molecule has 8 nitrogen and oxygen atoms in total. The average molecular weight is 421 g/mol. The highest BCUT2D eigenvalue weighted by Gasteiger charge is 2.34. The molecule has 8 heteroatoms. The third-order valence-corrected chi connectivity index (χ3v) is 6.06. The maximum absolute atomic E-state index is 13.5. The molecule has 1 saturated carbocycles. The number of hydrogen-bond donors (Lipinski definition) is 4. The summed E-state index contributed by atoms with van der Waals surface area (Å²) in [4.78, 5) is 20.7. The number of benzene rings is 1. The lowest BCUT2D eigenvalue weighted by molar-refractivity contribution is 0.0887. The van der Waals surface area contributed by atoms with E-state index in [4.69, 9.17) is 4.42 Å². The zero-order valence-corrected chi connectivity index (χ0v) is 16.8. The summed E-state index contributed by atoms with van der Waals surface area (Å²) in [6.07, 6.45) is 6.10. The molecule has 0 bridgehead atoms. The molecule has 1 aromatic carbocycles. The van der Waals surface area contributed by atoms with Gasteiger partial charge in [0.2, 0.25) is 5.88 Å². The maximum atomic E-state index is 13.5. The Morgan fingerprint density at radius 3 is 2.71 bits per heavy atom. The molecule has 3 heterocycles. The Balaban J connectivity index is 1.74. The van der Waals surface area contributed by atoms with Gasteiger partial charge in [-0.15, -0.1) is 0 Å². The lowest BCUT2D eigenvalue weighted by atomic mass is 9.83. The number of furan rings is 1. The minimum Gasteiger partial charge on any atom is -0.503 e. The molecule has 0 radical (unpaired) electrons. The number of hydrogen-bond acceptors (Lipinski definition) is 6. The smallest absolute Gasteiger partial charge is 0.240 e. The number of imidazole rings is 1. The number of carbonyl (C=O) groups is 1. The molecule has 0 amide bonds. The average Bonchev–Trinajstić information content (AvgIpc) is 3.52. The van der Waals surface area contributed by atoms with Crippen molar-refractivity contribution < 1.29 is 24.5 Å². The molecule has 1 aliphatic carbocycles. The second-order valence-electron chi connectivity index (χ2n) is 7.96. The first-order chi connectivity index (χ1) is 15.1. The molecule has 0 unspecified atom stereocenters. The Morgan fingerprint density at radius 1 is 1.16 bits per heavy atom. The van der Waals surface area contributed by atoms with E-state index in [1.807, 2.05) is 0 Å². The molecule has 1 fully saturated rings. The Bertz CT molecular complexity index is 1260. The predicted octanol–water partition coefficient (Wildman–Crippen LogP) is 4.28. The molecule has 31 heavy (non-hydrogen) atoms. The van der Waals surface area contributed by atoms with Crippen LogP contribution in [0.3, 0.4) is 0 Å². The van der Waals surface area contributed by atoms with Crippen LogP contribution in [0, 0.1) is 5.92 Å². The number of Topliss-reactive ketones (excluding diaryl/α,β-unsaturated/α-hetero) is 1. The van der Waals surface area contributed by atoms with Crippen LogP contribution >= 0.6 is 0 Å². The minimum absolute atomic E-state index is 0.0490. The number of fused-ring (bicyclic) bond motifs is 1. The second-order valence-corrected chi connectivity index (χ2v) is 7.96. The van der Waals surface area contributed by atoms with Gasteiger partial charge in [-0.3, -0.25) is 9.36 Å². The molecule has 0 saturated heterocycles. The zero-order chi connectivity index (χ0) is 21.5. The van der Waals surface area contributed by atoms with Gasteiger partial charge >= 0.3 is 0 Å². The van der Waals surface area contributed by atoms with Gasteiger partial charge in [-0.1, -0.05) is 19.3 Å². The van der Waals surface area contributed by atoms with Crippen molar-refractivity contribution in [1.29, 1.82) is 0 Å². The van der Waals surface area contributed by atoms with Crippen LogP contribution in [0.2, 0.25) is 0 Å². The van der Waals surface area contributed by atoms with Crippen molar-refractivity contribution in [2.24, 2.45) is 5.92 Å². The largest absolute Gasteiger partial charge is 0.503 e. The first kappa shape index (κ1) is 19.4. The van der Waals surface area contributed by atoms with Gasteiger partial charge in [0.15, 0.2) is 17.3 Å². The van der Waals surface area contributed by atoms with Gasteiger partial charge in [-0.2, -0.15) is 0 Å². The fourth-order valence-electron chi connectivity index (χ4n) is 4.49. The van der Waals surface area contributed by atoms with Crippen molar-refractivity contribution in [3.63, 3.8) is 0 Å². The molecule has 4 aromatic rings. The molecule has 4 N–H and O–H groups in total. The first-order valence-corrected chi connectivity index (χ1v) is 10.4. The molecule has 5 rings (SSSR count). The molecule has 0 atom stereocenters. The molecule has 0 aliphatic heterocycles. The second kappa shape index (κ2) is 7.63. The van der Waals surface area contributed by atoms with Gasteiger partial charge < -0.3 is 24.7 Å². The van der Waals surface area contributed by atoms with E-state index in [2.05, 4.69) is 9.97 Å². The van der Waals surface area contributed by atoms with Crippen molar-refractivity contribution >= 4 is 16.8 Å². The molecular formula is C23H23N3O5. The molecular weight excluding hydrogens is 398 g/mol. The molecule has 0 spiro atoms. The summed E-state index contributed by atoms with van der Waals surface area (Å²) in [6, 6.07) is 8.54. The van der Waals surface area contributed by atoms with Gasteiger partial charge in [0, 0.05) is 5.92 Å². The van der Waals surface area contributed by atoms with Gasteiger partial charge in [0.1, 0.15) is 18.1 Å². The van der Waals surface area contributed by atoms with E-state index in [9.17, 15) is 20.1 Å². The summed E-state index contributed by atoms with van der Waals surface area (Å²) in [6.45, 7) is -0.301. The number of rotatable bonds is 5. The third kappa shape index (κ3) is 3.19. The summed E-state index contributed by atoms with van der Waals surface area (Å²) in [7, 11) is 0. The maximum Gasteiger partial charge on any atom is 0.240 e. The van der Waals surface area contributed by atoms with Gasteiger partial charge in [-0.05, 0) is 43.2 Å². The van der Waals surface area contributed by atoms with Crippen molar-refractivity contribution in [1.82, 2.24) is 14.5 Å². The number of ketones is 1. The number of nitrogens with one attached hydrogen (secondary N) is 1. The van der Waals surface area contributed by atoms with E-state index in [1.54, 1.807) is 36.7 Å². The topological polar surface area (TPSA) is 125 Å². The van der Waals surface area contributed by atoms with Crippen molar-refractivity contribution in [2.75, 3.05) is 0 Å². The van der Waals surface area contributed by atoms with Crippen LogP contribution in [-0.2, 0) is 6.61 Å². The van der Waals surface area contributed by atoms with Crippen molar-refractivity contribution in [2.45, 2.75) is 38.7 Å². The number of aromatic nitrogens is 3. The molecule has 160 valence electrons. The van der Waals surface area contributed by atoms with Crippen LogP contribution in [-0.4, -0.2) is 35.6 Å². The van der Waals surface area contributed by atoms with E-state index in [1.165, 1.54) is 4.57 Å². The van der Waals surface area contributed by atoms with Crippen LogP contribution in [0.15, 0.2) is 41.1 Å². The van der Waals surface area contributed by atoms with Crippen LogP contribution in [0.1, 0.15) is 48.2 Å². The minimum atomic E-state index is -0.461. The highest BCUT2D eigenvalue weighted by molar-refractivity contribution is 6.06. The lowest BCUT2D eigenvalue weighted by Gasteiger charge is -2.20. The standard InChI is InChI=1S/C23H23N3O5/c27-11-15-7-9-18(31-15)20-19(21(28)13-4-2-1-3-5-13)22(29)23(30)26(20)14-6-8-16-17(10-14)25-12-24-16/h6-10,12-13,27,29-30H,1-5,11H2,(H,24,25). The van der Waals surface area contributed by atoms with Gasteiger partial charge in [0.25, 0.3) is 0 Å². The normalized spacial score (nSPS) is 15.0. The molecule has 3 aromatic heterocycles. The Hall–Kier alpha value is -3.52. The number of aliphatic hydroxyl groups excluding tert-OH is 1. The Labute approximate surface area is 177 Å². The monoisotopic (exact) mass is 421 g/mol. The summed E-state index contributed by atoms with van der Waals surface area (Å²) < 4.78 is 7.14. The highest BCUT2D eigenvalue weighted by Crippen LogP contribution is 2.45. The molecule has 1 aliphatic rings. The number of H-pyrrole nitrogens is 1. The zero-order valence-electron chi connectivity index (χ0n) is 16.8. The number of carbonyl (C=O) groups excluding carboxylic acids is 1. The van der Waals surface area contributed by atoms with Crippen molar-refractivity contribution in [3.8, 4) is 28.8 Å². The number of aromatic amines is 1. The van der Waals surface area contributed by atoms with Crippen LogP contribution in [0.5, 0.6) is 11.6 Å². The van der Waals surface area contributed by atoms with E-state index >= 15 is 0 Å². The van der Waals surface area contributed by atoms with E-state index in [0.29, 0.717) is 11.4 Å². The van der Waals surface area contributed by atoms with Crippen LogP contribution in [0.25, 0.3) is 28.2 Å². The predicted molar refractivity (Wildman–Crippen MR) is 113 cm³/mol. The lowest BCUT2D eigenvalue weighted by Crippen LogP contribution is -2.18. The van der Waals surface area contributed by atoms with E-state index in [0.717, 1.165) is 43.1 Å². The summed E-state index contributed by atoms with van der Waals surface area (Å²) in [5, 5.41) is 31.2. The Morgan fingerprint density at radius 2 is 1.97 bits per heavy atom. The Kier molecular flexibility index (Phi) is 4.78. The summed E-state index contributed by atoms with van der Waals surface area (Å²) in [5.41, 5.74) is 2.34. The summed E-state index contributed by atoms with van der Waals surface area (Å²) >= 11 is 0. The van der Waals surface area contributed by atoms with Crippen LogP contribution in [0.4, 0.5) is 0 Å². The van der Waals surface area contributed by atoms with Gasteiger partial charge in [-0.25, -0.2) is 4.98 Å².